The lowest BCUT2D eigenvalue weighted by Gasteiger charge is -2.29. The molecular weight excluding hydrogens is 421 g/mol. The van der Waals surface area contributed by atoms with Crippen molar-refractivity contribution in [2.75, 3.05) is 22.8 Å². The summed E-state index contributed by atoms with van der Waals surface area (Å²) in [5.41, 5.74) is -1.18. The van der Waals surface area contributed by atoms with Crippen molar-refractivity contribution in [1.82, 2.24) is 0 Å². The Morgan fingerprint density at radius 2 is 1.93 bits per heavy atom. The van der Waals surface area contributed by atoms with Crippen LogP contribution in [0.3, 0.4) is 0 Å². The van der Waals surface area contributed by atoms with Crippen molar-refractivity contribution in [3.63, 3.8) is 0 Å². The highest BCUT2D eigenvalue weighted by Gasteiger charge is 2.34. The van der Waals surface area contributed by atoms with E-state index in [2.05, 4.69) is 4.72 Å². The highest BCUT2D eigenvalue weighted by atomic mass is 35.5. The Labute approximate surface area is 163 Å². The first-order valence-corrected chi connectivity index (χ1v) is 9.80. The lowest BCUT2D eigenvalue weighted by molar-refractivity contribution is -0.137. The molecule has 0 fully saturated rings. The number of halogens is 4. The van der Waals surface area contributed by atoms with Crippen LogP contribution in [0, 0.1) is 0 Å². The van der Waals surface area contributed by atoms with Crippen LogP contribution in [-0.2, 0) is 21.0 Å². The van der Waals surface area contributed by atoms with Gasteiger partial charge in [0, 0.05) is 12.6 Å². The third kappa shape index (κ3) is 4.02. The molecule has 11 heteroatoms. The average Bonchev–Trinajstić information content (AvgIpc) is 2.61. The van der Waals surface area contributed by atoms with Crippen molar-refractivity contribution in [2.24, 2.45) is 0 Å². The van der Waals surface area contributed by atoms with E-state index >= 15 is 0 Å². The molecule has 1 amide bonds. The number of amides is 1. The summed E-state index contributed by atoms with van der Waals surface area (Å²) in [7, 11) is -4.22. The van der Waals surface area contributed by atoms with Crippen molar-refractivity contribution in [1.29, 1.82) is 0 Å². The molecule has 0 saturated heterocycles. The molecule has 1 aliphatic rings. The summed E-state index contributed by atoms with van der Waals surface area (Å²) >= 11 is 5.55. The van der Waals surface area contributed by atoms with Gasteiger partial charge in [-0.05, 0) is 36.4 Å². The van der Waals surface area contributed by atoms with Crippen LogP contribution in [0.25, 0.3) is 0 Å². The van der Waals surface area contributed by atoms with Crippen LogP contribution in [0.5, 0.6) is 5.75 Å². The van der Waals surface area contributed by atoms with Gasteiger partial charge in [0.1, 0.15) is 12.4 Å². The van der Waals surface area contributed by atoms with Gasteiger partial charge in [-0.2, -0.15) is 13.2 Å². The molecule has 3 rings (SSSR count). The molecule has 1 heterocycles. The summed E-state index contributed by atoms with van der Waals surface area (Å²) in [6.45, 7) is 1.86. The van der Waals surface area contributed by atoms with Gasteiger partial charge in [-0.3, -0.25) is 9.52 Å². The van der Waals surface area contributed by atoms with Crippen LogP contribution in [0.4, 0.5) is 24.5 Å². The molecule has 0 atom stereocenters. The molecule has 0 aromatic heterocycles. The largest absolute Gasteiger partial charge is 0.490 e. The fourth-order valence-corrected chi connectivity index (χ4v) is 4.01. The highest BCUT2D eigenvalue weighted by molar-refractivity contribution is 7.92. The molecule has 0 aliphatic carbocycles. The van der Waals surface area contributed by atoms with Gasteiger partial charge in [-0.15, -0.1) is 0 Å². The van der Waals surface area contributed by atoms with Crippen molar-refractivity contribution < 1.29 is 31.1 Å². The van der Waals surface area contributed by atoms with E-state index in [1.54, 1.807) is 0 Å². The number of nitrogens with one attached hydrogen (secondary N) is 1. The molecule has 0 unspecified atom stereocenters. The Bertz CT molecular complexity index is 1040. The second-order valence-electron chi connectivity index (χ2n) is 5.95. The topological polar surface area (TPSA) is 75.7 Å². The van der Waals surface area contributed by atoms with Gasteiger partial charge in [0.05, 0.1) is 27.7 Å². The van der Waals surface area contributed by atoms with E-state index in [9.17, 15) is 26.4 Å². The summed E-state index contributed by atoms with van der Waals surface area (Å²) < 4.78 is 71.7. The number of benzene rings is 2. The average molecular weight is 435 g/mol. The van der Waals surface area contributed by atoms with Crippen molar-refractivity contribution in [2.45, 2.75) is 18.0 Å². The molecule has 0 spiro atoms. The van der Waals surface area contributed by atoms with Gasteiger partial charge < -0.3 is 9.64 Å². The number of nitrogens with zero attached hydrogens (tertiary/aromatic N) is 1. The SMILES string of the molecule is CC(=O)N1CCOc2ccc(S(=O)(=O)Nc3ccc(Cl)c(C(F)(F)F)c3)cc21. The van der Waals surface area contributed by atoms with Crippen LogP contribution >= 0.6 is 11.6 Å². The number of rotatable bonds is 3. The van der Waals surface area contributed by atoms with E-state index < -0.39 is 26.8 Å². The van der Waals surface area contributed by atoms with Crippen LogP contribution in [0.1, 0.15) is 12.5 Å². The van der Waals surface area contributed by atoms with E-state index in [-0.39, 0.29) is 35.3 Å². The Hall–Kier alpha value is -2.46. The fourth-order valence-electron chi connectivity index (χ4n) is 2.71. The van der Waals surface area contributed by atoms with Crippen LogP contribution in [0.2, 0.25) is 5.02 Å². The quantitative estimate of drug-likeness (QED) is 0.794. The molecule has 0 bridgehead atoms. The maximum absolute atomic E-state index is 13.0. The number of carbonyl (C=O) groups is 1. The third-order valence-electron chi connectivity index (χ3n) is 4.01. The second kappa shape index (κ2) is 7.17. The van der Waals surface area contributed by atoms with Gasteiger partial charge in [0.2, 0.25) is 5.91 Å². The van der Waals surface area contributed by atoms with E-state index in [0.717, 1.165) is 12.1 Å². The Morgan fingerprint density at radius 1 is 1.21 bits per heavy atom. The summed E-state index contributed by atoms with van der Waals surface area (Å²) in [5, 5.41) is -0.543. The molecule has 2 aromatic rings. The predicted molar refractivity (Wildman–Crippen MR) is 97.2 cm³/mol. The summed E-state index contributed by atoms with van der Waals surface area (Å²) in [6.07, 6.45) is -4.73. The van der Waals surface area contributed by atoms with Gasteiger partial charge in [0.25, 0.3) is 10.0 Å². The van der Waals surface area contributed by atoms with E-state index in [0.29, 0.717) is 11.8 Å². The maximum Gasteiger partial charge on any atom is 0.417 e. The molecule has 0 saturated carbocycles. The Morgan fingerprint density at radius 3 is 2.57 bits per heavy atom. The van der Waals surface area contributed by atoms with Crippen molar-refractivity contribution >= 4 is 38.9 Å². The van der Waals surface area contributed by atoms with Crippen LogP contribution < -0.4 is 14.4 Å². The highest BCUT2D eigenvalue weighted by Crippen LogP contribution is 2.37. The third-order valence-corrected chi connectivity index (χ3v) is 5.72. The standard InChI is InChI=1S/C17H14ClF3N2O4S/c1-10(24)23-6-7-27-16-5-3-12(9-15(16)23)28(25,26)22-11-2-4-14(18)13(8-11)17(19,20)21/h2-5,8-9,22H,6-7H2,1H3. The monoisotopic (exact) mass is 434 g/mol. The zero-order chi connectivity index (χ0) is 20.7. The van der Waals surface area contributed by atoms with Crippen molar-refractivity contribution in [3.05, 3.63) is 47.0 Å². The Kier molecular flexibility index (Phi) is 5.20. The number of carbonyl (C=O) groups excluding carboxylic acids is 1. The number of fused-ring (bicyclic) bond motifs is 1. The number of hydrogen-bond donors (Lipinski definition) is 1. The first-order valence-electron chi connectivity index (χ1n) is 7.93. The minimum absolute atomic E-state index is 0.230. The fraction of sp³-hybridized carbons (Fsp3) is 0.235. The number of ether oxygens (including phenoxy) is 1. The molecule has 28 heavy (non-hydrogen) atoms. The normalized spacial score (nSPS) is 14.2. The molecular formula is C17H14ClF3N2O4S. The number of anilines is 2. The summed E-state index contributed by atoms with van der Waals surface area (Å²) in [4.78, 5) is 12.9. The van der Waals surface area contributed by atoms with E-state index in [4.69, 9.17) is 16.3 Å². The van der Waals surface area contributed by atoms with Gasteiger partial charge in [0.15, 0.2) is 0 Å². The molecule has 2 aromatic carbocycles. The first-order chi connectivity index (χ1) is 13.0. The summed E-state index contributed by atoms with van der Waals surface area (Å²) in [6, 6.07) is 6.56. The zero-order valence-electron chi connectivity index (χ0n) is 14.4. The van der Waals surface area contributed by atoms with Crippen molar-refractivity contribution in [3.8, 4) is 5.75 Å². The maximum atomic E-state index is 13.0. The molecule has 0 radical (unpaired) electrons. The number of sulfonamides is 1. The number of hydrogen-bond acceptors (Lipinski definition) is 4. The molecule has 150 valence electrons. The van der Waals surface area contributed by atoms with Gasteiger partial charge in [-0.1, -0.05) is 11.6 Å². The van der Waals surface area contributed by atoms with Crippen LogP contribution in [-0.4, -0.2) is 27.5 Å². The summed E-state index contributed by atoms with van der Waals surface area (Å²) in [5.74, 6) is 0.0471. The number of alkyl halides is 3. The van der Waals surface area contributed by atoms with Crippen LogP contribution in [0.15, 0.2) is 41.3 Å². The first kappa shape index (κ1) is 20.3. The smallest absolute Gasteiger partial charge is 0.417 e. The lowest BCUT2D eigenvalue weighted by atomic mass is 10.2. The zero-order valence-corrected chi connectivity index (χ0v) is 16.0. The molecule has 1 aliphatic heterocycles. The molecule has 6 nitrogen and oxygen atoms in total. The van der Waals surface area contributed by atoms with E-state index in [1.165, 1.54) is 30.0 Å². The van der Waals surface area contributed by atoms with Gasteiger partial charge >= 0.3 is 6.18 Å². The minimum atomic E-state index is -4.73. The lowest BCUT2D eigenvalue weighted by Crippen LogP contribution is -2.36. The Balaban J connectivity index is 1.97. The van der Waals surface area contributed by atoms with E-state index in [1.807, 2.05) is 0 Å². The predicted octanol–water partition coefficient (Wildman–Crippen LogP) is 3.90. The minimum Gasteiger partial charge on any atom is -0.490 e. The second-order valence-corrected chi connectivity index (χ2v) is 8.04. The van der Waals surface area contributed by atoms with Gasteiger partial charge in [-0.25, -0.2) is 8.42 Å². The molecule has 1 N–H and O–H groups in total.